The molecule has 2 fully saturated rings. The van der Waals surface area contributed by atoms with Crippen LogP contribution in [0.25, 0.3) is 0 Å². The fourth-order valence-corrected chi connectivity index (χ4v) is 5.41. The minimum absolute atomic E-state index is 0.101. The van der Waals surface area contributed by atoms with Crippen molar-refractivity contribution in [2.75, 3.05) is 12.8 Å². The molecule has 3 atom stereocenters. The third-order valence-corrected chi connectivity index (χ3v) is 6.88. The summed E-state index contributed by atoms with van der Waals surface area (Å²) in [4.78, 5) is 14.0. The first-order valence-corrected chi connectivity index (χ1v) is 9.95. The predicted molar refractivity (Wildman–Crippen MR) is 82.1 cm³/mol. The summed E-state index contributed by atoms with van der Waals surface area (Å²) in [5.74, 6) is -0.733. The lowest BCUT2D eigenvalue weighted by Gasteiger charge is -2.43. The van der Waals surface area contributed by atoms with Gasteiger partial charge in [-0.15, -0.1) is 0 Å². The summed E-state index contributed by atoms with van der Waals surface area (Å²) in [6, 6.07) is 0.101. The topological polar surface area (TPSA) is 74.7 Å². The van der Waals surface area contributed by atoms with Crippen LogP contribution >= 0.6 is 0 Å². The van der Waals surface area contributed by atoms with E-state index in [-0.39, 0.29) is 11.3 Å². The molecule has 1 saturated heterocycles. The molecule has 0 radical (unpaired) electrons. The number of rotatable bonds is 5. The van der Waals surface area contributed by atoms with Crippen LogP contribution in [0.1, 0.15) is 58.3 Å². The zero-order chi connectivity index (χ0) is 15.7. The van der Waals surface area contributed by atoms with Crippen molar-refractivity contribution < 1.29 is 18.3 Å². The SMILES string of the molecule is CCCC1(C(=O)O)CCCN1C1CCCC(S(C)(=O)=O)C1. The van der Waals surface area contributed by atoms with E-state index in [1.165, 1.54) is 6.26 Å². The average Bonchev–Trinajstić information content (AvgIpc) is 2.83. The van der Waals surface area contributed by atoms with Gasteiger partial charge in [-0.25, -0.2) is 8.42 Å². The van der Waals surface area contributed by atoms with Gasteiger partial charge in [-0.05, 0) is 45.1 Å². The highest BCUT2D eigenvalue weighted by Gasteiger charge is 2.50. The standard InChI is InChI=1S/C15H27NO4S/c1-3-8-15(14(17)18)9-5-10-16(15)12-6-4-7-13(11-12)21(2,19)20/h12-13H,3-11H2,1-2H3,(H,17,18). The molecule has 6 heteroatoms. The fourth-order valence-electron chi connectivity index (χ4n) is 4.24. The summed E-state index contributed by atoms with van der Waals surface area (Å²) in [5, 5.41) is 9.46. The molecule has 0 aromatic rings. The number of carboxylic acid groups (broad SMARTS) is 1. The Balaban J connectivity index is 2.21. The Morgan fingerprint density at radius 1 is 1.33 bits per heavy atom. The van der Waals surface area contributed by atoms with Crippen molar-refractivity contribution >= 4 is 15.8 Å². The van der Waals surface area contributed by atoms with E-state index in [1.807, 2.05) is 6.92 Å². The van der Waals surface area contributed by atoms with Gasteiger partial charge in [0.15, 0.2) is 0 Å². The van der Waals surface area contributed by atoms with E-state index < -0.39 is 21.3 Å². The van der Waals surface area contributed by atoms with Crippen molar-refractivity contribution in [2.24, 2.45) is 0 Å². The largest absolute Gasteiger partial charge is 0.480 e. The molecule has 2 aliphatic rings. The molecule has 3 unspecified atom stereocenters. The van der Waals surface area contributed by atoms with Crippen molar-refractivity contribution in [3.63, 3.8) is 0 Å². The van der Waals surface area contributed by atoms with E-state index in [1.54, 1.807) is 0 Å². The lowest BCUT2D eigenvalue weighted by molar-refractivity contribution is -0.152. The van der Waals surface area contributed by atoms with Gasteiger partial charge in [0.1, 0.15) is 15.4 Å². The molecule has 2 rings (SSSR count). The Morgan fingerprint density at radius 3 is 2.62 bits per heavy atom. The second-order valence-corrected chi connectivity index (χ2v) is 8.98. The first-order chi connectivity index (χ1) is 9.81. The molecular formula is C15H27NO4S. The Bertz CT molecular complexity index is 490. The molecular weight excluding hydrogens is 290 g/mol. The summed E-state index contributed by atoms with van der Waals surface area (Å²) in [7, 11) is -3.03. The summed E-state index contributed by atoms with van der Waals surface area (Å²) in [6.07, 6.45) is 7.50. The van der Waals surface area contributed by atoms with Crippen LogP contribution in [0.2, 0.25) is 0 Å². The summed E-state index contributed by atoms with van der Waals surface area (Å²) >= 11 is 0. The Hall–Kier alpha value is -0.620. The van der Waals surface area contributed by atoms with Crippen LogP contribution in [0.5, 0.6) is 0 Å². The van der Waals surface area contributed by atoms with Gasteiger partial charge < -0.3 is 5.11 Å². The highest BCUT2D eigenvalue weighted by molar-refractivity contribution is 7.91. The Labute approximate surface area is 127 Å². The molecule has 0 spiro atoms. The summed E-state index contributed by atoms with van der Waals surface area (Å²) in [6.45, 7) is 2.80. The van der Waals surface area contributed by atoms with E-state index in [4.69, 9.17) is 0 Å². The third-order valence-electron chi connectivity index (χ3n) is 5.25. The normalized spacial score (nSPS) is 35.0. The van der Waals surface area contributed by atoms with Gasteiger partial charge in [0, 0.05) is 12.3 Å². The van der Waals surface area contributed by atoms with Gasteiger partial charge in [0.25, 0.3) is 0 Å². The number of likely N-dealkylation sites (tertiary alicyclic amines) is 1. The monoisotopic (exact) mass is 317 g/mol. The van der Waals surface area contributed by atoms with Crippen LogP contribution in [-0.4, -0.2) is 54.0 Å². The van der Waals surface area contributed by atoms with E-state index in [0.717, 1.165) is 38.6 Å². The van der Waals surface area contributed by atoms with Crippen LogP contribution in [-0.2, 0) is 14.6 Å². The maximum absolute atomic E-state index is 11.9. The quantitative estimate of drug-likeness (QED) is 0.840. The second kappa shape index (κ2) is 6.24. The van der Waals surface area contributed by atoms with Crippen LogP contribution in [0.3, 0.4) is 0 Å². The smallest absolute Gasteiger partial charge is 0.324 e. The van der Waals surface area contributed by atoms with E-state index >= 15 is 0 Å². The van der Waals surface area contributed by atoms with Crippen molar-refractivity contribution in [3.8, 4) is 0 Å². The zero-order valence-corrected chi connectivity index (χ0v) is 13.9. The molecule has 0 amide bonds. The molecule has 0 aromatic carbocycles. The van der Waals surface area contributed by atoms with Gasteiger partial charge in [-0.1, -0.05) is 19.8 Å². The number of hydrogen-bond donors (Lipinski definition) is 1. The van der Waals surface area contributed by atoms with Crippen LogP contribution in [0.15, 0.2) is 0 Å². The first kappa shape index (κ1) is 16.7. The first-order valence-electron chi connectivity index (χ1n) is 8.00. The van der Waals surface area contributed by atoms with E-state index in [2.05, 4.69) is 4.90 Å². The highest BCUT2D eigenvalue weighted by Crippen LogP contribution is 2.40. The fraction of sp³-hybridized carbons (Fsp3) is 0.933. The van der Waals surface area contributed by atoms with Crippen molar-refractivity contribution in [3.05, 3.63) is 0 Å². The van der Waals surface area contributed by atoms with Gasteiger partial charge in [0.2, 0.25) is 0 Å². The maximum atomic E-state index is 11.9. The van der Waals surface area contributed by atoms with E-state index in [9.17, 15) is 18.3 Å². The van der Waals surface area contributed by atoms with Crippen molar-refractivity contribution in [1.82, 2.24) is 4.90 Å². The number of aliphatic carboxylic acids is 1. The number of hydrogen-bond acceptors (Lipinski definition) is 4. The molecule has 1 aliphatic carbocycles. The lowest BCUT2D eigenvalue weighted by atomic mass is 9.86. The second-order valence-electron chi connectivity index (χ2n) is 6.66. The summed E-state index contributed by atoms with van der Waals surface area (Å²) < 4.78 is 23.7. The number of carbonyl (C=O) groups is 1. The maximum Gasteiger partial charge on any atom is 0.324 e. The van der Waals surface area contributed by atoms with Crippen LogP contribution in [0, 0.1) is 0 Å². The van der Waals surface area contributed by atoms with Crippen LogP contribution in [0.4, 0.5) is 0 Å². The lowest BCUT2D eigenvalue weighted by Crippen LogP contribution is -2.56. The molecule has 5 nitrogen and oxygen atoms in total. The molecule has 0 bridgehead atoms. The predicted octanol–water partition coefficient (Wildman–Crippen LogP) is 2.06. The number of nitrogens with zero attached hydrogens (tertiary/aromatic N) is 1. The average molecular weight is 317 g/mol. The molecule has 122 valence electrons. The third kappa shape index (κ3) is 3.26. The van der Waals surface area contributed by atoms with Gasteiger partial charge in [-0.3, -0.25) is 9.69 Å². The Kier molecular flexibility index (Phi) is 4.98. The van der Waals surface area contributed by atoms with Crippen LogP contribution < -0.4 is 0 Å². The highest BCUT2D eigenvalue weighted by atomic mass is 32.2. The minimum Gasteiger partial charge on any atom is -0.480 e. The number of carboxylic acids is 1. The molecule has 21 heavy (non-hydrogen) atoms. The molecule has 1 saturated carbocycles. The Morgan fingerprint density at radius 2 is 2.05 bits per heavy atom. The molecule has 1 aliphatic heterocycles. The number of sulfone groups is 1. The van der Waals surface area contributed by atoms with Gasteiger partial charge in [0.05, 0.1) is 5.25 Å². The van der Waals surface area contributed by atoms with Crippen molar-refractivity contribution in [2.45, 2.75) is 75.1 Å². The molecule has 0 aromatic heterocycles. The minimum atomic E-state index is -3.03. The molecule has 1 heterocycles. The van der Waals surface area contributed by atoms with E-state index in [0.29, 0.717) is 19.3 Å². The van der Waals surface area contributed by atoms with Crippen molar-refractivity contribution in [1.29, 1.82) is 0 Å². The summed E-state index contributed by atoms with van der Waals surface area (Å²) in [5.41, 5.74) is -0.765. The van der Waals surface area contributed by atoms with Gasteiger partial charge >= 0.3 is 5.97 Å². The molecule has 1 N–H and O–H groups in total. The van der Waals surface area contributed by atoms with Gasteiger partial charge in [-0.2, -0.15) is 0 Å². The zero-order valence-electron chi connectivity index (χ0n) is 13.0.